The molecule has 1 aliphatic heterocycles. The monoisotopic (exact) mass is 232 g/mol. The van der Waals surface area contributed by atoms with Crippen LogP contribution in [0.25, 0.3) is 0 Å². The maximum absolute atomic E-state index is 11.6. The van der Waals surface area contributed by atoms with Gasteiger partial charge in [0.15, 0.2) is 0 Å². The van der Waals surface area contributed by atoms with E-state index < -0.39 is 24.0 Å². The fourth-order valence-electron chi connectivity index (χ4n) is 1.38. The molecule has 4 N–H and O–H groups in total. The molecule has 7 nitrogen and oxygen atoms in total. The van der Waals surface area contributed by atoms with Crippen molar-refractivity contribution in [1.82, 2.24) is 10.6 Å². The van der Waals surface area contributed by atoms with Gasteiger partial charge in [-0.1, -0.05) is 0 Å². The fourth-order valence-corrected chi connectivity index (χ4v) is 1.38. The first-order valence-corrected chi connectivity index (χ1v) is 5.11. The lowest BCUT2D eigenvalue weighted by atomic mass is 10.2. The summed E-state index contributed by atoms with van der Waals surface area (Å²) in [6.45, 7) is 1.19. The minimum Gasteiger partial charge on any atom is -0.480 e. The highest BCUT2D eigenvalue weighted by Gasteiger charge is 2.26. The van der Waals surface area contributed by atoms with Gasteiger partial charge >= 0.3 is 5.97 Å². The first kappa shape index (κ1) is 12.9. The molecule has 1 amide bonds. The van der Waals surface area contributed by atoms with Gasteiger partial charge in [-0.25, -0.2) is 4.79 Å². The van der Waals surface area contributed by atoms with Crippen LogP contribution < -0.4 is 10.6 Å². The quantitative estimate of drug-likeness (QED) is 0.433. The predicted molar refractivity (Wildman–Crippen MR) is 53.9 cm³/mol. The number of aliphatic carboxylic acids is 1. The summed E-state index contributed by atoms with van der Waals surface area (Å²) in [6, 6.07) is -1.07. The average molecular weight is 232 g/mol. The molecule has 0 aromatic rings. The topological polar surface area (TPSA) is 108 Å². The van der Waals surface area contributed by atoms with E-state index in [1.807, 2.05) is 0 Å². The fraction of sp³-hybridized carbons (Fsp3) is 0.778. The first-order valence-electron chi connectivity index (χ1n) is 5.11. The Hall–Kier alpha value is -1.18. The molecule has 0 spiro atoms. The molecule has 1 saturated heterocycles. The number of ether oxygens (including phenoxy) is 1. The summed E-state index contributed by atoms with van der Waals surface area (Å²) in [7, 11) is 0. The van der Waals surface area contributed by atoms with Crippen LogP contribution in [0.3, 0.4) is 0 Å². The number of carboxylic acid groups (broad SMARTS) is 1. The number of hydrogen-bond donors (Lipinski definition) is 4. The van der Waals surface area contributed by atoms with Crippen molar-refractivity contribution in [2.24, 2.45) is 0 Å². The standard InChI is InChI=1S/C9H16N2O5/c12-3-1-6(9(14)15)11-8(13)7-5-10-2-4-16-7/h6-7,10,12H,1-5H2,(H,11,13)(H,14,15)/t6-,7?/m1/s1. The molecule has 0 bridgehead atoms. The molecule has 1 fully saturated rings. The zero-order valence-electron chi connectivity index (χ0n) is 8.81. The molecule has 2 atom stereocenters. The second-order valence-corrected chi connectivity index (χ2v) is 3.48. The molecule has 1 heterocycles. The third kappa shape index (κ3) is 3.76. The highest BCUT2D eigenvalue weighted by Crippen LogP contribution is 1.99. The number of rotatable bonds is 5. The van der Waals surface area contributed by atoms with Crippen molar-refractivity contribution in [3.63, 3.8) is 0 Å². The van der Waals surface area contributed by atoms with E-state index in [0.717, 1.165) is 0 Å². The van der Waals surface area contributed by atoms with E-state index in [9.17, 15) is 9.59 Å². The number of carbonyl (C=O) groups is 2. The van der Waals surface area contributed by atoms with Gasteiger partial charge in [0.25, 0.3) is 5.91 Å². The van der Waals surface area contributed by atoms with Gasteiger partial charge in [-0.2, -0.15) is 0 Å². The molecule has 1 aliphatic rings. The molecule has 0 saturated carbocycles. The Balaban J connectivity index is 2.43. The molecule has 16 heavy (non-hydrogen) atoms. The zero-order chi connectivity index (χ0) is 12.0. The van der Waals surface area contributed by atoms with Crippen LogP contribution in [0.2, 0.25) is 0 Å². The van der Waals surface area contributed by atoms with Gasteiger partial charge in [0.05, 0.1) is 6.61 Å². The van der Waals surface area contributed by atoms with E-state index >= 15 is 0 Å². The van der Waals surface area contributed by atoms with E-state index in [0.29, 0.717) is 19.7 Å². The van der Waals surface area contributed by atoms with Crippen molar-refractivity contribution >= 4 is 11.9 Å². The van der Waals surface area contributed by atoms with Crippen molar-refractivity contribution in [2.75, 3.05) is 26.3 Å². The molecular formula is C9H16N2O5. The Morgan fingerprint density at radius 2 is 2.31 bits per heavy atom. The summed E-state index contributed by atoms with van der Waals surface area (Å²) in [4.78, 5) is 22.3. The highest BCUT2D eigenvalue weighted by atomic mass is 16.5. The SMILES string of the molecule is O=C(N[C@H](CCO)C(=O)O)C1CNCCO1. The number of aliphatic hydroxyl groups excluding tert-OH is 1. The van der Waals surface area contributed by atoms with Crippen LogP contribution in [-0.2, 0) is 14.3 Å². The van der Waals surface area contributed by atoms with Gasteiger partial charge in [0, 0.05) is 26.1 Å². The normalized spacial score (nSPS) is 22.4. The highest BCUT2D eigenvalue weighted by molar-refractivity contribution is 5.86. The summed E-state index contributed by atoms with van der Waals surface area (Å²) in [6.07, 6.45) is -0.671. The van der Waals surface area contributed by atoms with Crippen LogP contribution in [0.5, 0.6) is 0 Å². The number of carboxylic acids is 1. The molecule has 0 aliphatic carbocycles. The minimum absolute atomic E-state index is 0.0127. The smallest absolute Gasteiger partial charge is 0.326 e. The molecule has 0 aromatic carbocycles. The maximum Gasteiger partial charge on any atom is 0.326 e. The molecule has 1 rings (SSSR count). The van der Waals surface area contributed by atoms with Crippen LogP contribution >= 0.6 is 0 Å². The van der Waals surface area contributed by atoms with Crippen molar-refractivity contribution in [1.29, 1.82) is 0 Å². The second kappa shape index (κ2) is 6.41. The molecule has 0 radical (unpaired) electrons. The number of carbonyl (C=O) groups excluding carboxylic acids is 1. The van der Waals surface area contributed by atoms with Crippen molar-refractivity contribution in [3.05, 3.63) is 0 Å². The van der Waals surface area contributed by atoms with E-state index in [2.05, 4.69) is 10.6 Å². The van der Waals surface area contributed by atoms with Gasteiger partial charge < -0.3 is 25.6 Å². The van der Waals surface area contributed by atoms with Crippen molar-refractivity contribution in [2.45, 2.75) is 18.6 Å². The van der Waals surface area contributed by atoms with E-state index in [-0.39, 0.29) is 13.0 Å². The molecule has 92 valence electrons. The summed E-state index contributed by atoms with van der Waals surface area (Å²) >= 11 is 0. The number of aliphatic hydroxyl groups is 1. The van der Waals surface area contributed by atoms with E-state index in [1.54, 1.807) is 0 Å². The first-order chi connectivity index (χ1) is 7.65. The third-order valence-corrected chi connectivity index (χ3v) is 2.25. The average Bonchev–Trinajstić information content (AvgIpc) is 2.29. The van der Waals surface area contributed by atoms with Crippen LogP contribution in [0.15, 0.2) is 0 Å². The zero-order valence-corrected chi connectivity index (χ0v) is 8.81. The molecule has 1 unspecified atom stereocenters. The minimum atomic E-state index is -1.16. The Labute approximate surface area is 92.8 Å². The Bertz CT molecular complexity index is 252. The maximum atomic E-state index is 11.6. The van der Waals surface area contributed by atoms with E-state index in [4.69, 9.17) is 14.9 Å². The lowest BCUT2D eigenvalue weighted by molar-refractivity contribution is -0.145. The number of nitrogens with one attached hydrogen (secondary N) is 2. The van der Waals surface area contributed by atoms with Crippen LogP contribution in [-0.4, -0.2) is 60.5 Å². The Kier molecular flexibility index (Phi) is 5.17. The van der Waals surface area contributed by atoms with Gasteiger partial charge in [-0.15, -0.1) is 0 Å². The molecule has 7 heteroatoms. The van der Waals surface area contributed by atoms with Crippen molar-refractivity contribution < 1.29 is 24.5 Å². The molecule has 0 aromatic heterocycles. The van der Waals surface area contributed by atoms with Gasteiger partial charge in [0.1, 0.15) is 12.1 Å². The lowest BCUT2D eigenvalue weighted by Gasteiger charge is -2.24. The number of hydrogen-bond acceptors (Lipinski definition) is 5. The summed E-state index contributed by atoms with van der Waals surface area (Å²) in [5.74, 6) is -1.63. The third-order valence-electron chi connectivity index (χ3n) is 2.25. The van der Waals surface area contributed by atoms with Gasteiger partial charge in [-0.3, -0.25) is 4.79 Å². The summed E-state index contributed by atoms with van der Waals surface area (Å²) in [5.41, 5.74) is 0. The number of morpholine rings is 1. The van der Waals surface area contributed by atoms with Crippen LogP contribution in [0.1, 0.15) is 6.42 Å². The summed E-state index contributed by atoms with van der Waals surface area (Å²) < 4.78 is 5.17. The Morgan fingerprint density at radius 1 is 1.56 bits per heavy atom. The number of amides is 1. The molecular weight excluding hydrogens is 216 g/mol. The lowest BCUT2D eigenvalue weighted by Crippen LogP contribution is -2.52. The second-order valence-electron chi connectivity index (χ2n) is 3.48. The predicted octanol–water partition coefficient (Wildman–Crippen LogP) is -2.07. The van der Waals surface area contributed by atoms with Crippen LogP contribution in [0.4, 0.5) is 0 Å². The van der Waals surface area contributed by atoms with Crippen LogP contribution in [0, 0.1) is 0 Å². The Morgan fingerprint density at radius 3 is 2.81 bits per heavy atom. The largest absolute Gasteiger partial charge is 0.480 e. The summed E-state index contributed by atoms with van der Waals surface area (Å²) in [5, 5.41) is 22.7. The van der Waals surface area contributed by atoms with Crippen molar-refractivity contribution in [3.8, 4) is 0 Å². The van der Waals surface area contributed by atoms with Gasteiger partial charge in [0.2, 0.25) is 0 Å². The van der Waals surface area contributed by atoms with E-state index in [1.165, 1.54) is 0 Å². The van der Waals surface area contributed by atoms with Gasteiger partial charge in [-0.05, 0) is 0 Å².